The van der Waals surface area contributed by atoms with Gasteiger partial charge in [-0.1, -0.05) is 35.9 Å². The van der Waals surface area contributed by atoms with Gasteiger partial charge < -0.3 is 5.73 Å². The fourth-order valence-corrected chi connectivity index (χ4v) is 5.38. The second kappa shape index (κ2) is 7.29. The maximum atomic E-state index is 13.6. The van der Waals surface area contributed by atoms with Gasteiger partial charge in [-0.05, 0) is 42.6 Å². The van der Waals surface area contributed by atoms with E-state index < -0.39 is 9.84 Å². The minimum Gasteiger partial charge on any atom is -0.382 e. The van der Waals surface area contributed by atoms with Crippen molar-refractivity contribution in [3.8, 4) is 0 Å². The van der Waals surface area contributed by atoms with Crippen molar-refractivity contribution in [3.63, 3.8) is 0 Å². The van der Waals surface area contributed by atoms with E-state index in [2.05, 4.69) is 15.1 Å². The molecule has 0 radical (unpaired) electrons. The van der Waals surface area contributed by atoms with Crippen molar-refractivity contribution in [2.75, 3.05) is 5.73 Å². The molecule has 3 aromatic heterocycles. The maximum Gasteiger partial charge on any atom is 0.212 e. The van der Waals surface area contributed by atoms with Gasteiger partial charge in [0, 0.05) is 4.88 Å². The number of nitrogens with zero attached hydrogens (tertiary/aromatic N) is 4. The zero-order valence-electron chi connectivity index (χ0n) is 16.4. The minimum atomic E-state index is -3.95. The molecule has 0 saturated carbocycles. The second-order valence-corrected chi connectivity index (χ2v) is 9.85. The first-order chi connectivity index (χ1) is 14.9. The van der Waals surface area contributed by atoms with Gasteiger partial charge in [0.1, 0.15) is 16.2 Å². The van der Waals surface area contributed by atoms with Crippen LogP contribution in [0.3, 0.4) is 0 Å². The molecule has 0 aliphatic heterocycles. The summed E-state index contributed by atoms with van der Waals surface area (Å²) in [5, 5.41) is 6.36. The fraction of sp³-hybridized carbons (Fsp3) is 0.0455. The molecule has 2 N–H and O–H groups in total. The van der Waals surface area contributed by atoms with Gasteiger partial charge in [-0.3, -0.25) is 0 Å². The van der Waals surface area contributed by atoms with Crippen LogP contribution < -0.4 is 5.73 Å². The van der Waals surface area contributed by atoms with Crippen molar-refractivity contribution >= 4 is 55.4 Å². The molecule has 3 heterocycles. The van der Waals surface area contributed by atoms with Crippen molar-refractivity contribution in [3.05, 3.63) is 76.5 Å². The van der Waals surface area contributed by atoms with Crippen LogP contribution in [0.25, 0.3) is 22.2 Å². The summed E-state index contributed by atoms with van der Waals surface area (Å²) in [6.07, 6.45) is 1.62. The first-order valence-electron chi connectivity index (χ1n) is 9.41. The predicted molar refractivity (Wildman–Crippen MR) is 123 cm³/mol. The number of rotatable bonds is 4. The SMILES string of the molecule is Cc1ccc(S(=O)(=O)c2c(N)n(N=Cc3cccs3)c3nc4ccccc4nc23)cc1. The number of hydrogen-bond acceptors (Lipinski definition) is 7. The van der Waals surface area contributed by atoms with Crippen molar-refractivity contribution in [1.29, 1.82) is 0 Å². The first-order valence-corrected chi connectivity index (χ1v) is 11.8. The Morgan fingerprint density at radius 1 is 1.00 bits per heavy atom. The molecule has 0 aliphatic carbocycles. The Morgan fingerprint density at radius 2 is 1.71 bits per heavy atom. The lowest BCUT2D eigenvalue weighted by Crippen LogP contribution is -2.06. The van der Waals surface area contributed by atoms with E-state index in [9.17, 15) is 8.42 Å². The summed E-state index contributed by atoms with van der Waals surface area (Å²) in [6.45, 7) is 1.90. The number of aromatic nitrogens is 3. The molecule has 9 heteroatoms. The average Bonchev–Trinajstić information content (AvgIpc) is 3.36. The molecule has 0 atom stereocenters. The van der Waals surface area contributed by atoms with E-state index in [4.69, 9.17) is 5.73 Å². The van der Waals surface area contributed by atoms with Gasteiger partial charge >= 0.3 is 0 Å². The molecule has 0 fully saturated rings. The predicted octanol–water partition coefficient (Wildman–Crippen LogP) is 4.25. The number of aryl methyl sites for hydroxylation is 1. The summed E-state index contributed by atoms with van der Waals surface area (Å²) < 4.78 is 28.4. The van der Waals surface area contributed by atoms with Crippen molar-refractivity contribution in [1.82, 2.24) is 14.6 Å². The van der Waals surface area contributed by atoms with E-state index in [1.54, 1.807) is 36.5 Å². The lowest BCUT2D eigenvalue weighted by atomic mass is 10.2. The third kappa shape index (κ3) is 3.28. The largest absolute Gasteiger partial charge is 0.382 e. The van der Waals surface area contributed by atoms with E-state index in [0.29, 0.717) is 11.0 Å². The molecule has 154 valence electrons. The number of anilines is 1. The van der Waals surface area contributed by atoms with Crippen LogP contribution in [0.15, 0.2) is 80.9 Å². The Labute approximate surface area is 182 Å². The van der Waals surface area contributed by atoms with Gasteiger partial charge in [-0.25, -0.2) is 18.4 Å². The standard InChI is InChI=1S/C22H17N5O2S2/c1-14-8-10-16(11-9-14)31(28,29)20-19-22(26-18-7-3-2-6-17(18)25-19)27(21(20)23)24-13-15-5-4-12-30-15/h2-13H,23H2,1H3. The molecule has 0 saturated heterocycles. The van der Waals surface area contributed by atoms with Gasteiger partial charge in [-0.15, -0.1) is 11.3 Å². The summed E-state index contributed by atoms with van der Waals surface area (Å²) in [6, 6.07) is 17.7. The minimum absolute atomic E-state index is 0.0290. The normalized spacial score (nSPS) is 12.3. The topological polar surface area (TPSA) is 103 Å². The van der Waals surface area contributed by atoms with Crippen LogP contribution in [0.2, 0.25) is 0 Å². The van der Waals surface area contributed by atoms with Crippen molar-refractivity contribution in [2.45, 2.75) is 16.7 Å². The second-order valence-electron chi connectivity index (χ2n) is 6.99. The Morgan fingerprint density at radius 3 is 2.39 bits per heavy atom. The maximum absolute atomic E-state index is 13.6. The van der Waals surface area contributed by atoms with Crippen LogP contribution in [0.5, 0.6) is 0 Å². The molecule has 0 spiro atoms. The Hall–Kier alpha value is -3.56. The van der Waals surface area contributed by atoms with Crippen LogP contribution in [-0.2, 0) is 9.84 Å². The van der Waals surface area contributed by atoms with Gasteiger partial charge in [-0.2, -0.15) is 9.78 Å². The molecule has 0 bridgehead atoms. The third-order valence-corrected chi connectivity index (χ3v) is 7.51. The number of para-hydroxylation sites is 2. The number of nitrogen functional groups attached to an aromatic ring is 1. The van der Waals surface area contributed by atoms with Crippen molar-refractivity contribution < 1.29 is 8.42 Å². The highest BCUT2D eigenvalue weighted by atomic mass is 32.2. The van der Waals surface area contributed by atoms with E-state index in [1.807, 2.05) is 42.6 Å². The summed E-state index contributed by atoms with van der Waals surface area (Å²) in [4.78, 5) is 10.2. The smallest absolute Gasteiger partial charge is 0.212 e. The van der Waals surface area contributed by atoms with E-state index >= 15 is 0 Å². The highest BCUT2D eigenvalue weighted by molar-refractivity contribution is 7.92. The van der Waals surface area contributed by atoms with Gasteiger partial charge in [0.25, 0.3) is 0 Å². The Bertz CT molecular complexity index is 1550. The highest BCUT2D eigenvalue weighted by Crippen LogP contribution is 2.35. The number of benzene rings is 2. The lowest BCUT2D eigenvalue weighted by molar-refractivity contribution is 0.597. The highest BCUT2D eigenvalue weighted by Gasteiger charge is 2.30. The van der Waals surface area contributed by atoms with Crippen LogP contribution in [0.4, 0.5) is 5.82 Å². The third-order valence-electron chi connectivity index (χ3n) is 4.87. The molecule has 2 aromatic carbocycles. The van der Waals surface area contributed by atoms with Gasteiger partial charge in [0.15, 0.2) is 5.65 Å². The molecule has 5 rings (SSSR count). The number of hydrogen-bond donors (Lipinski definition) is 1. The van der Waals surface area contributed by atoms with Crippen molar-refractivity contribution in [2.24, 2.45) is 5.10 Å². The number of nitrogens with two attached hydrogens (primary N) is 1. The average molecular weight is 448 g/mol. The molecule has 0 aliphatic rings. The number of thiophene rings is 1. The number of fused-ring (bicyclic) bond motifs is 2. The summed E-state index contributed by atoms with van der Waals surface area (Å²) >= 11 is 1.51. The summed E-state index contributed by atoms with van der Waals surface area (Å²) in [5.41, 5.74) is 9.01. The monoisotopic (exact) mass is 447 g/mol. The first kappa shape index (κ1) is 19.4. The lowest BCUT2D eigenvalue weighted by Gasteiger charge is -2.05. The Balaban J connectivity index is 1.82. The van der Waals surface area contributed by atoms with E-state index in [1.165, 1.54) is 16.0 Å². The van der Waals surface area contributed by atoms with Gasteiger partial charge in [0.2, 0.25) is 9.84 Å². The fourth-order valence-electron chi connectivity index (χ4n) is 3.32. The quantitative estimate of drug-likeness (QED) is 0.415. The molecular formula is C22H17N5O2S2. The van der Waals surface area contributed by atoms with Crippen LogP contribution >= 0.6 is 11.3 Å². The molecule has 31 heavy (non-hydrogen) atoms. The summed E-state index contributed by atoms with van der Waals surface area (Å²) in [7, 11) is -3.95. The molecular weight excluding hydrogens is 430 g/mol. The summed E-state index contributed by atoms with van der Waals surface area (Å²) in [5.74, 6) is -0.0290. The zero-order valence-corrected chi connectivity index (χ0v) is 18.1. The van der Waals surface area contributed by atoms with Gasteiger partial charge in [0.05, 0.1) is 22.1 Å². The molecule has 5 aromatic rings. The molecule has 7 nitrogen and oxygen atoms in total. The number of sulfone groups is 1. The van der Waals surface area contributed by atoms with Crippen LogP contribution in [-0.4, -0.2) is 29.3 Å². The Kier molecular flexibility index (Phi) is 4.57. The van der Waals surface area contributed by atoms with E-state index in [0.717, 1.165) is 10.4 Å². The molecule has 0 unspecified atom stereocenters. The zero-order chi connectivity index (χ0) is 21.6. The van der Waals surface area contributed by atoms with Crippen LogP contribution in [0.1, 0.15) is 10.4 Å². The van der Waals surface area contributed by atoms with Crippen LogP contribution in [0, 0.1) is 6.92 Å². The molecule has 0 amide bonds. The van der Waals surface area contributed by atoms with E-state index in [-0.39, 0.29) is 26.8 Å².